The minimum Gasteiger partial charge on any atom is -0.488 e. The Bertz CT molecular complexity index is 956. The van der Waals surface area contributed by atoms with Crippen LogP contribution in [0.2, 0.25) is 0 Å². The second kappa shape index (κ2) is 9.00. The van der Waals surface area contributed by atoms with Gasteiger partial charge in [-0.15, -0.1) is 0 Å². The number of hydrazone groups is 1. The first kappa shape index (κ1) is 18.7. The van der Waals surface area contributed by atoms with Crippen molar-refractivity contribution in [1.82, 2.24) is 5.43 Å². The Hall–Kier alpha value is -3.12. The van der Waals surface area contributed by atoms with E-state index in [1.807, 2.05) is 48.5 Å². The van der Waals surface area contributed by atoms with Crippen LogP contribution in [0, 0.1) is 0 Å². The summed E-state index contributed by atoms with van der Waals surface area (Å²) in [5, 5.41) is 4.02. The maximum Gasteiger partial charge on any atom is 0.273 e. The molecule has 3 aromatic carbocycles. The lowest BCUT2D eigenvalue weighted by molar-refractivity contribution is 0.0956. The second-order valence-corrected chi connectivity index (χ2v) is 6.66. The molecule has 0 radical (unpaired) electrons. The molecule has 0 bridgehead atoms. The zero-order valence-electron chi connectivity index (χ0n) is 14.4. The average Bonchev–Trinajstić information content (AvgIpc) is 2.68. The highest BCUT2D eigenvalue weighted by atomic mass is 79.9. The number of nitrogens with two attached hydrogens (primary N) is 1. The first-order valence-electron chi connectivity index (χ1n) is 8.27. The molecule has 5 nitrogen and oxygen atoms in total. The number of nitrogens with one attached hydrogen (secondary N) is 1. The number of benzene rings is 3. The van der Waals surface area contributed by atoms with Crippen LogP contribution < -0.4 is 15.9 Å². The van der Waals surface area contributed by atoms with E-state index in [2.05, 4.69) is 26.5 Å². The van der Waals surface area contributed by atoms with E-state index in [0.717, 1.165) is 15.6 Å². The molecule has 0 fully saturated rings. The first-order chi connectivity index (χ1) is 13.1. The van der Waals surface area contributed by atoms with Crippen LogP contribution in [0.1, 0.15) is 21.5 Å². The number of para-hydroxylation sites is 2. The van der Waals surface area contributed by atoms with Gasteiger partial charge >= 0.3 is 0 Å². The summed E-state index contributed by atoms with van der Waals surface area (Å²) in [5.74, 6) is 0.315. The van der Waals surface area contributed by atoms with Crippen LogP contribution in [0.15, 0.2) is 82.4 Å². The van der Waals surface area contributed by atoms with Crippen molar-refractivity contribution in [1.29, 1.82) is 0 Å². The highest BCUT2D eigenvalue weighted by Crippen LogP contribution is 2.18. The van der Waals surface area contributed by atoms with Crippen LogP contribution in [0.5, 0.6) is 5.75 Å². The van der Waals surface area contributed by atoms with Gasteiger partial charge in [-0.05, 0) is 42.0 Å². The third kappa shape index (κ3) is 5.18. The van der Waals surface area contributed by atoms with Gasteiger partial charge in [0.1, 0.15) is 12.4 Å². The van der Waals surface area contributed by atoms with Gasteiger partial charge in [0.05, 0.1) is 11.8 Å². The number of hydrogen-bond donors (Lipinski definition) is 2. The fourth-order valence-electron chi connectivity index (χ4n) is 2.38. The fraction of sp³-hybridized carbons (Fsp3) is 0.0476. The molecule has 0 aliphatic rings. The van der Waals surface area contributed by atoms with Crippen molar-refractivity contribution >= 4 is 33.7 Å². The van der Waals surface area contributed by atoms with Crippen molar-refractivity contribution in [2.24, 2.45) is 5.10 Å². The lowest BCUT2D eigenvalue weighted by atomic mass is 10.2. The lowest BCUT2D eigenvalue weighted by Crippen LogP contribution is -2.19. The number of amides is 1. The van der Waals surface area contributed by atoms with Gasteiger partial charge in [-0.25, -0.2) is 5.43 Å². The van der Waals surface area contributed by atoms with Gasteiger partial charge in [0, 0.05) is 15.7 Å². The van der Waals surface area contributed by atoms with Crippen LogP contribution in [0.4, 0.5) is 5.69 Å². The topological polar surface area (TPSA) is 76.7 Å². The molecule has 0 unspecified atom stereocenters. The molecule has 1 amide bonds. The normalized spacial score (nSPS) is 10.7. The van der Waals surface area contributed by atoms with E-state index in [1.165, 1.54) is 0 Å². The maximum absolute atomic E-state index is 12.1. The Labute approximate surface area is 166 Å². The number of carbonyl (C=O) groups excluding carboxylic acids is 1. The molecule has 3 aromatic rings. The molecule has 3 N–H and O–H groups in total. The summed E-state index contributed by atoms with van der Waals surface area (Å²) in [7, 11) is 0. The highest BCUT2D eigenvalue weighted by molar-refractivity contribution is 9.10. The van der Waals surface area contributed by atoms with E-state index in [4.69, 9.17) is 10.5 Å². The number of ether oxygens (including phenoxy) is 1. The predicted octanol–water partition coefficient (Wildman–Crippen LogP) is 4.37. The van der Waals surface area contributed by atoms with Crippen molar-refractivity contribution in [3.63, 3.8) is 0 Å². The van der Waals surface area contributed by atoms with E-state index in [1.54, 1.807) is 30.5 Å². The summed E-state index contributed by atoms with van der Waals surface area (Å²) in [6.45, 7) is 0.436. The van der Waals surface area contributed by atoms with E-state index < -0.39 is 0 Å². The van der Waals surface area contributed by atoms with Gasteiger partial charge in [0.2, 0.25) is 0 Å². The van der Waals surface area contributed by atoms with Crippen LogP contribution in [-0.2, 0) is 6.61 Å². The van der Waals surface area contributed by atoms with E-state index in [-0.39, 0.29) is 5.91 Å². The SMILES string of the molecule is Nc1ccccc1C(=O)N/N=C\c1ccccc1OCc1ccc(Br)cc1. The molecular weight excluding hydrogens is 406 g/mol. The number of halogens is 1. The Morgan fingerprint density at radius 3 is 2.52 bits per heavy atom. The summed E-state index contributed by atoms with van der Waals surface area (Å²) in [4.78, 5) is 12.1. The molecule has 6 heteroatoms. The quantitative estimate of drug-likeness (QED) is 0.351. The molecule has 0 atom stereocenters. The minimum atomic E-state index is -0.363. The third-order valence-corrected chi connectivity index (χ3v) is 4.33. The van der Waals surface area contributed by atoms with Gasteiger partial charge in [-0.1, -0.05) is 52.3 Å². The van der Waals surface area contributed by atoms with Gasteiger partial charge in [-0.2, -0.15) is 5.10 Å². The standard InChI is InChI=1S/C21H18BrN3O2/c22-17-11-9-15(10-12-17)14-27-20-8-4-1-5-16(20)13-24-25-21(26)18-6-2-3-7-19(18)23/h1-13H,14,23H2,(H,25,26)/b24-13-. The fourth-order valence-corrected chi connectivity index (χ4v) is 2.65. The van der Waals surface area contributed by atoms with Crippen molar-refractivity contribution in [2.45, 2.75) is 6.61 Å². The van der Waals surface area contributed by atoms with Gasteiger partial charge in [0.15, 0.2) is 0 Å². The molecule has 0 aliphatic heterocycles. The minimum absolute atomic E-state index is 0.363. The molecule has 0 aliphatic carbocycles. The van der Waals surface area contributed by atoms with Gasteiger partial charge in [-0.3, -0.25) is 4.79 Å². The Morgan fingerprint density at radius 2 is 1.74 bits per heavy atom. The molecule has 0 saturated heterocycles. The largest absolute Gasteiger partial charge is 0.488 e. The molecule has 0 saturated carbocycles. The number of anilines is 1. The molecule has 0 spiro atoms. The van der Waals surface area contributed by atoms with Crippen molar-refractivity contribution in [3.8, 4) is 5.75 Å². The highest BCUT2D eigenvalue weighted by Gasteiger charge is 2.07. The zero-order valence-corrected chi connectivity index (χ0v) is 16.0. The van der Waals surface area contributed by atoms with Crippen LogP contribution >= 0.6 is 15.9 Å². The summed E-state index contributed by atoms with van der Waals surface area (Å²) >= 11 is 3.41. The smallest absolute Gasteiger partial charge is 0.273 e. The first-order valence-corrected chi connectivity index (χ1v) is 9.07. The molecular formula is C21H18BrN3O2. The molecule has 3 rings (SSSR count). The Balaban J connectivity index is 1.65. The average molecular weight is 424 g/mol. The van der Waals surface area contributed by atoms with Crippen LogP contribution in [0.3, 0.4) is 0 Å². The van der Waals surface area contributed by atoms with Gasteiger partial charge < -0.3 is 10.5 Å². The van der Waals surface area contributed by atoms with E-state index in [9.17, 15) is 4.79 Å². The Kier molecular flexibility index (Phi) is 6.22. The molecule has 27 heavy (non-hydrogen) atoms. The summed E-state index contributed by atoms with van der Waals surface area (Å²) in [6.07, 6.45) is 1.55. The van der Waals surface area contributed by atoms with Crippen molar-refractivity contribution in [3.05, 3.63) is 94.0 Å². The van der Waals surface area contributed by atoms with Crippen molar-refractivity contribution in [2.75, 3.05) is 5.73 Å². The monoisotopic (exact) mass is 423 g/mol. The summed E-state index contributed by atoms with van der Waals surface area (Å²) < 4.78 is 6.91. The maximum atomic E-state index is 12.1. The lowest BCUT2D eigenvalue weighted by Gasteiger charge is -2.09. The predicted molar refractivity (Wildman–Crippen MR) is 111 cm³/mol. The molecule has 0 aromatic heterocycles. The van der Waals surface area contributed by atoms with Crippen LogP contribution in [0.25, 0.3) is 0 Å². The van der Waals surface area contributed by atoms with Crippen molar-refractivity contribution < 1.29 is 9.53 Å². The number of nitrogen functional groups attached to an aromatic ring is 1. The number of hydrogen-bond acceptors (Lipinski definition) is 4. The van der Waals surface area contributed by atoms with Gasteiger partial charge in [0.25, 0.3) is 5.91 Å². The number of nitrogens with zero attached hydrogens (tertiary/aromatic N) is 1. The molecule has 136 valence electrons. The Morgan fingerprint density at radius 1 is 1.04 bits per heavy atom. The molecule has 0 heterocycles. The van der Waals surface area contributed by atoms with E-state index >= 15 is 0 Å². The third-order valence-electron chi connectivity index (χ3n) is 3.80. The zero-order chi connectivity index (χ0) is 19.1. The number of rotatable bonds is 6. The summed E-state index contributed by atoms with van der Waals surface area (Å²) in [5.41, 5.74) is 10.9. The summed E-state index contributed by atoms with van der Waals surface area (Å²) in [6, 6.07) is 22.3. The second-order valence-electron chi connectivity index (χ2n) is 5.74. The number of carbonyl (C=O) groups is 1. The van der Waals surface area contributed by atoms with E-state index in [0.29, 0.717) is 23.6 Å². The van der Waals surface area contributed by atoms with Crippen LogP contribution in [-0.4, -0.2) is 12.1 Å².